The van der Waals surface area contributed by atoms with Crippen LogP contribution in [0.3, 0.4) is 0 Å². The molecule has 0 saturated heterocycles. The smallest absolute Gasteiger partial charge is 0.329 e. The first-order valence-corrected chi connectivity index (χ1v) is 7.97. The number of benzene rings is 1. The van der Waals surface area contributed by atoms with Crippen LogP contribution in [0.5, 0.6) is 0 Å². The average molecular weight is 354 g/mol. The molecule has 3 atom stereocenters. The monoisotopic (exact) mass is 353 g/mol. The summed E-state index contributed by atoms with van der Waals surface area (Å²) in [6, 6.07) is 7.92. The summed E-state index contributed by atoms with van der Waals surface area (Å²) in [6.45, 7) is 3.49. The van der Waals surface area contributed by atoms with E-state index in [1.807, 2.05) is 31.2 Å². The van der Waals surface area contributed by atoms with Crippen LogP contribution in [-0.2, 0) is 9.59 Å². The van der Waals surface area contributed by atoms with Crippen LogP contribution in [0, 0.1) is 5.92 Å². The van der Waals surface area contributed by atoms with Gasteiger partial charge < -0.3 is 10.4 Å². The molecule has 1 amide bonds. The number of amides is 1. The van der Waals surface area contributed by atoms with Crippen molar-refractivity contribution in [2.45, 2.75) is 44.6 Å². The van der Waals surface area contributed by atoms with Gasteiger partial charge in [-0.2, -0.15) is 0 Å². The van der Waals surface area contributed by atoms with Crippen molar-refractivity contribution in [3.63, 3.8) is 0 Å². The number of hydrogen-bond donors (Lipinski definition) is 2. The molecule has 1 aromatic carbocycles. The van der Waals surface area contributed by atoms with Gasteiger partial charge in [-0.15, -0.1) is 0 Å². The fraction of sp³-hybridized carbons (Fsp3) is 0.500. The number of carboxylic acid groups (broad SMARTS) is 1. The Kier molecular flexibility index (Phi) is 4.71. The Bertz CT molecular complexity index is 560. The molecule has 1 aliphatic rings. The maximum Gasteiger partial charge on any atom is 0.329 e. The van der Waals surface area contributed by atoms with E-state index in [1.54, 1.807) is 6.92 Å². The van der Waals surface area contributed by atoms with Crippen molar-refractivity contribution in [3.05, 3.63) is 34.3 Å². The van der Waals surface area contributed by atoms with Crippen molar-refractivity contribution >= 4 is 27.8 Å². The van der Waals surface area contributed by atoms with E-state index in [0.29, 0.717) is 12.8 Å². The molecule has 0 heterocycles. The minimum Gasteiger partial charge on any atom is -0.480 e. The molecule has 3 unspecified atom stereocenters. The van der Waals surface area contributed by atoms with Gasteiger partial charge in [-0.25, -0.2) is 4.79 Å². The first-order valence-electron chi connectivity index (χ1n) is 7.18. The highest BCUT2D eigenvalue weighted by atomic mass is 79.9. The average Bonchev–Trinajstić information content (AvgIpc) is 3.19. The Hall–Kier alpha value is -1.36. The van der Waals surface area contributed by atoms with E-state index in [0.717, 1.165) is 16.5 Å². The van der Waals surface area contributed by atoms with Crippen LogP contribution in [0.1, 0.15) is 44.6 Å². The molecule has 1 aromatic rings. The number of carbonyl (C=O) groups excluding carboxylic acids is 1. The molecule has 21 heavy (non-hydrogen) atoms. The predicted octanol–water partition coefficient (Wildman–Crippen LogP) is 3.31. The maximum absolute atomic E-state index is 12.3. The quantitative estimate of drug-likeness (QED) is 0.824. The topological polar surface area (TPSA) is 66.4 Å². The van der Waals surface area contributed by atoms with Crippen LogP contribution in [0.4, 0.5) is 0 Å². The zero-order valence-corrected chi connectivity index (χ0v) is 13.8. The van der Waals surface area contributed by atoms with Gasteiger partial charge in [-0.05, 0) is 43.4 Å². The summed E-state index contributed by atoms with van der Waals surface area (Å²) in [5.41, 5.74) is -0.0481. The highest BCUT2D eigenvalue weighted by Gasteiger charge is 2.46. The largest absolute Gasteiger partial charge is 0.480 e. The molecule has 1 aliphatic carbocycles. The molecule has 1 fully saturated rings. The van der Waals surface area contributed by atoms with Gasteiger partial charge in [0.05, 0.1) is 0 Å². The number of nitrogens with one attached hydrogen (secondary N) is 1. The van der Waals surface area contributed by atoms with Gasteiger partial charge in [-0.1, -0.05) is 41.4 Å². The van der Waals surface area contributed by atoms with E-state index in [1.165, 1.54) is 0 Å². The molecule has 2 rings (SSSR count). The molecule has 5 heteroatoms. The number of aliphatic carboxylic acids is 1. The van der Waals surface area contributed by atoms with Gasteiger partial charge in [-0.3, -0.25) is 4.79 Å². The van der Waals surface area contributed by atoms with Crippen molar-refractivity contribution in [1.29, 1.82) is 0 Å². The molecule has 4 nitrogen and oxygen atoms in total. The van der Waals surface area contributed by atoms with E-state index in [9.17, 15) is 14.7 Å². The standard InChI is InChI=1S/C16H20BrNO3/c1-3-7-16(2,15(20)21)18-14(19)13-9-12(13)10-5-4-6-11(17)8-10/h4-6,8,12-13H,3,7,9H2,1-2H3,(H,18,19)(H,20,21). The third-order valence-corrected chi connectivity index (χ3v) is 4.52. The number of carboxylic acids is 1. The molecule has 2 N–H and O–H groups in total. The number of rotatable bonds is 6. The summed E-state index contributed by atoms with van der Waals surface area (Å²) in [7, 11) is 0. The lowest BCUT2D eigenvalue weighted by Crippen LogP contribution is -2.52. The van der Waals surface area contributed by atoms with Crippen LogP contribution in [0.25, 0.3) is 0 Å². The summed E-state index contributed by atoms with van der Waals surface area (Å²) in [6.07, 6.45) is 1.93. The Morgan fingerprint density at radius 2 is 2.19 bits per heavy atom. The summed E-state index contributed by atoms with van der Waals surface area (Å²) in [4.78, 5) is 23.6. The van der Waals surface area contributed by atoms with Gasteiger partial charge in [0.1, 0.15) is 5.54 Å². The Labute approximate surface area is 133 Å². The summed E-state index contributed by atoms with van der Waals surface area (Å²) < 4.78 is 0.993. The molecule has 0 spiro atoms. The fourth-order valence-corrected chi connectivity index (χ4v) is 3.09. The second-order valence-electron chi connectivity index (χ2n) is 5.88. The van der Waals surface area contributed by atoms with Crippen LogP contribution in [-0.4, -0.2) is 22.5 Å². The Balaban J connectivity index is 2.01. The molecule has 0 aromatic heterocycles. The third kappa shape index (κ3) is 3.64. The second-order valence-corrected chi connectivity index (χ2v) is 6.80. The van der Waals surface area contributed by atoms with E-state index >= 15 is 0 Å². The van der Waals surface area contributed by atoms with E-state index in [-0.39, 0.29) is 17.7 Å². The van der Waals surface area contributed by atoms with Crippen molar-refractivity contribution < 1.29 is 14.7 Å². The molecule has 0 bridgehead atoms. The molecular formula is C16H20BrNO3. The van der Waals surface area contributed by atoms with E-state index in [2.05, 4.69) is 21.2 Å². The van der Waals surface area contributed by atoms with Gasteiger partial charge in [0.15, 0.2) is 0 Å². The summed E-state index contributed by atoms with van der Waals surface area (Å²) >= 11 is 3.43. The summed E-state index contributed by atoms with van der Waals surface area (Å²) in [5, 5.41) is 12.0. The van der Waals surface area contributed by atoms with Crippen molar-refractivity contribution in [1.82, 2.24) is 5.32 Å². The number of carbonyl (C=O) groups is 2. The van der Waals surface area contributed by atoms with Crippen molar-refractivity contribution in [2.75, 3.05) is 0 Å². The van der Waals surface area contributed by atoms with Crippen molar-refractivity contribution in [2.24, 2.45) is 5.92 Å². The van der Waals surface area contributed by atoms with Gasteiger partial charge in [0, 0.05) is 10.4 Å². The van der Waals surface area contributed by atoms with Gasteiger partial charge in [0.25, 0.3) is 0 Å². The fourth-order valence-electron chi connectivity index (χ4n) is 2.68. The van der Waals surface area contributed by atoms with Crippen LogP contribution in [0.15, 0.2) is 28.7 Å². The molecule has 114 valence electrons. The van der Waals surface area contributed by atoms with Crippen LogP contribution < -0.4 is 5.32 Å². The molecular weight excluding hydrogens is 334 g/mol. The molecule has 1 saturated carbocycles. The highest BCUT2D eigenvalue weighted by Crippen LogP contribution is 2.48. The van der Waals surface area contributed by atoms with E-state index in [4.69, 9.17) is 0 Å². The minimum absolute atomic E-state index is 0.116. The lowest BCUT2D eigenvalue weighted by Gasteiger charge is -2.25. The molecule has 0 aliphatic heterocycles. The first kappa shape index (κ1) is 16.0. The molecule has 0 radical (unpaired) electrons. The minimum atomic E-state index is -1.17. The summed E-state index contributed by atoms with van der Waals surface area (Å²) in [5.74, 6) is -1.05. The highest BCUT2D eigenvalue weighted by molar-refractivity contribution is 9.10. The van der Waals surface area contributed by atoms with Gasteiger partial charge in [0.2, 0.25) is 5.91 Å². The van der Waals surface area contributed by atoms with Gasteiger partial charge >= 0.3 is 5.97 Å². The number of hydrogen-bond acceptors (Lipinski definition) is 2. The third-order valence-electron chi connectivity index (χ3n) is 4.03. The zero-order valence-electron chi connectivity index (χ0n) is 12.2. The Morgan fingerprint density at radius 3 is 2.76 bits per heavy atom. The second kappa shape index (κ2) is 6.18. The number of halogens is 1. The van der Waals surface area contributed by atoms with Crippen LogP contribution >= 0.6 is 15.9 Å². The predicted molar refractivity (Wildman–Crippen MR) is 84.1 cm³/mol. The van der Waals surface area contributed by atoms with Crippen LogP contribution in [0.2, 0.25) is 0 Å². The maximum atomic E-state index is 12.3. The van der Waals surface area contributed by atoms with Crippen molar-refractivity contribution in [3.8, 4) is 0 Å². The SMILES string of the molecule is CCCC(C)(NC(=O)C1CC1c1cccc(Br)c1)C(=O)O. The zero-order chi connectivity index (χ0) is 15.6. The normalized spacial score (nSPS) is 23.2. The lowest BCUT2D eigenvalue weighted by molar-refractivity contribution is -0.147. The van der Waals surface area contributed by atoms with E-state index < -0.39 is 11.5 Å². The Morgan fingerprint density at radius 1 is 1.48 bits per heavy atom. The first-order chi connectivity index (χ1) is 9.87. The lowest BCUT2D eigenvalue weighted by atomic mass is 9.96.